The van der Waals surface area contributed by atoms with Crippen LogP contribution in [0.2, 0.25) is 0 Å². The molecule has 2 N–H and O–H groups in total. The SMILES string of the molecule is Cc1[nH]c2ccccc2c1-c1c[nH]c2ccccc12. The van der Waals surface area contributed by atoms with Gasteiger partial charge in [0.1, 0.15) is 0 Å². The minimum Gasteiger partial charge on any atom is -0.361 e. The highest BCUT2D eigenvalue weighted by Gasteiger charge is 2.13. The van der Waals surface area contributed by atoms with E-state index in [-0.39, 0.29) is 0 Å². The number of hydrogen-bond donors (Lipinski definition) is 2. The molecule has 2 nitrogen and oxygen atoms in total. The van der Waals surface area contributed by atoms with Gasteiger partial charge in [-0.2, -0.15) is 0 Å². The number of benzene rings is 2. The number of aromatic nitrogens is 2. The first kappa shape index (κ1) is 10.4. The summed E-state index contributed by atoms with van der Waals surface area (Å²) in [5.41, 5.74) is 6.16. The van der Waals surface area contributed by atoms with Crippen molar-refractivity contribution in [3.63, 3.8) is 0 Å². The van der Waals surface area contributed by atoms with E-state index in [0.29, 0.717) is 0 Å². The number of hydrogen-bond acceptors (Lipinski definition) is 0. The monoisotopic (exact) mass is 246 g/mol. The predicted molar refractivity (Wildman–Crippen MR) is 80.3 cm³/mol. The van der Waals surface area contributed by atoms with Crippen LogP contribution in [0.25, 0.3) is 32.9 Å². The van der Waals surface area contributed by atoms with Crippen LogP contribution in [0.3, 0.4) is 0 Å². The predicted octanol–water partition coefficient (Wildman–Crippen LogP) is 4.62. The third-order valence-corrected chi connectivity index (χ3v) is 3.75. The van der Waals surface area contributed by atoms with Crippen LogP contribution >= 0.6 is 0 Å². The van der Waals surface area contributed by atoms with Crippen molar-refractivity contribution in [1.82, 2.24) is 9.97 Å². The average molecular weight is 246 g/mol. The van der Waals surface area contributed by atoms with Crippen LogP contribution in [-0.2, 0) is 0 Å². The number of aryl methyl sites for hydroxylation is 1. The molecule has 0 fully saturated rings. The van der Waals surface area contributed by atoms with Crippen molar-refractivity contribution in [2.24, 2.45) is 0 Å². The van der Waals surface area contributed by atoms with Crippen LogP contribution in [-0.4, -0.2) is 9.97 Å². The van der Waals surface area contributed by atoms with Crippen molar-refractivity contribution in [3.05, 3.63) is 60.4 Å². The summed E-state index contributed by atoms with van der Waals surface area (Å²) in [7, 11) is 0. The van der Waals surface area contributed by atoms with Crippen LogP contribution in [0.1, 0.15) is 5.69 Å². The Morgan fingerprint density at radius 1 is 0.789 bits per heavy atom. The molecular formula is C17H14N2. The Bertz CT molecular complexity index is 880. The van der Waals surface area contributed by atoms with E-state index in [9.17, 15) is 0 Å². The van der Waals surface area contributed by atoms with E-state index in [2.05, 4.69) is 71.6 Å². The average Bonchev–Trinajstić information content (AvgIpc) is 2.98. The molecule has 0 amide bonds. The van der Waals surface area contributed by atoms with Gasteiger partial charge in [0.25, 0.3) is 0 Å². The molecule has 0 saturated carbocycles. The molecule has 0 aliphatic carbocycles. The van der Waals surface area contributed by atoms with Gasteiger partial charge >= 0.3 is 0 Å². The van der Waals surface area contributed by atoms with Gasteiger partial charge in [-0.25, -0.2) is 0 Å². The maximum absolute atomic E-state index is 3.47. The van der Waals surface area contributed by atoms with E-state index in [1.165, 1.54) is 38.6 Å². The number of fused-ring (bicyclic) bond motifs is 2. The Labute approximate surface area is 111 Å². The fourth-order valence-corrected chi connectivity index (χ4v) is 2.90. The second-order valence-corrected chi connectivity index (χ2v) is 4.92. The van der Waals surface area contributed by atoms with Crippen molar-refractivity contribution in [2.45, 2.75) is 6.92 Å². The molecule has 0 unspecified atom stereocenters. The minimum absolute atomic E-state index is 1.18. The lowest BCUT2D eigenvalue weighted by Gasteiger charge is -2.00. The summed E-state index contributed by atoms with van der Waals surface area (Å²) in [6.45, 7) is 2.14. The minimum atomic E-state index is 1.18. The lowest BCUT2D eigenvalue weighted by molar-refractivity contribution is 1.30. The van der Waals surface area contributed by atoms with Crippen molar-refractivity contribution in [2.75, 3.05) is 0 Å². The summed E-state index contributed by atoms with van der Waals surface area (Å²) < 4.78 is 0. The Hall–Kier alpha value is -2.48. The summed E-state index contributed by atoms with van der Waals surface area (Å²) in [4.78, 5) is 6.82. The van der Waals surface area contributed by atoms with Gasteiger partial charge in [-0.05, 0) is 19.1 Å². The molecule has 0 radical (unpaired) electrons. The molecular weight excluding hydrogens is 232 g/mol. The number of nitrogens with one attached hydrogen (secondary N) is 2. The van der Waals surface area contributed by atoms with Crippen LogP contribution in [0, 0.1) is 6.92 Å². The Balaban J connectivity index is 2.12. The largest absolute Gasteiger partial charge is 0.361 e. The van der Waals surface area contributed by atoms with Gasteiger partial charge in [-0.3, -0.25) is 0 Å². The molecule has 2 heterocycles. The first-order valence-corrected chi connectivity index (χ1v) is 6.48. The lowest BCUT2D eigenvalue weighted by Crippen LogP contribution is -1.77. The maximum Gasteiger partial charge on any atom is 0.0462 e. The van der Waals surface area contributed by atoms with E-state index in [1.807, 2.05) is 0 Å². The van der Waals surface area contributed by atoms with E-state index < -0.39 is 0 Å². The molecule has 2 aromatic carbocycles. The van der Waals surface area contributed by atoms with Gasteiger partial charge in [-0.1, -0.05) is 36.4 Å². The third-order valence-electron chi connectivity index (χ3n) is 3.75. The summed E-state index contributed by atoms with van der Waals surface area (Å²) in [5, 5.41) is 2.56. The normalized spacial score (nSPS) is 11.4. The Morgan fingerprint density at radius 2 is 1.47 bits per heavy atom. The molecule has 0 aliphatic heterocycles. The number of para-hydroxylation sites is 2. The molecule has 4 aromatic rings. The number of aromatic amines is 2. The second kappa shape index (κ2) is 3.75. The number of H-pyrrole nitrogens is 2. The summed E-state index contributed by atoms with van der Waals surface area (Å²) >= 11 is 0. The van der Waals surface area contributed by atoms with E-state index in [4.69, 9.17) is 0 Å². The molecule has 2 aromatic heterocycles. The van der Waals surface area contributed by atoms with Crippen molar-refractivity contribution in [3.8, 4) is 11.1 Å². The first-order valence-electron chi connectivity index (χ1n) is 6.48. The van der Waals surface area contributed by atoms with Crippen LogP contribution < -0.4 is 0 Å². The van der Waals surface area contributed by atoms with Crippen LogP contribution in [0.5, 0.6) is 0 Å². The van der Waals surface area contributed by atoms with Gasteiger partial charge in [0.15, 0.2) is 0 Å². The standard InChI is InChI=1S/C17H14N2/c1-11-17(13-7-3-5-9-16(13)19-11)14-10-18-15-8-4-2-6-12(14)15/h2-10,18-19H,1H3. The smallest absolute Gasteiger partial charge is 0.0462 e. The first-order chi connectivity index (χ1) is 9.34. The Morgan fingerprint density at radius 3 is 2.32 bits per heavy atom. The van der Waals surface area contributed by atoms with Crippen LogP contribution in [0.4, 0.5) is 0 Å². The van der Waals surface area contributed by atoms with Crippen molar-refractivity contribution < 1.29 is 0 Å². The van der Waals surface area contributed by atoms with E-state index in [1.54, 1.807) is 0 Å². The lowest BCUT2D eigenvalue weighted by atomic mass is 10.0. The molecule has 2 heteroatoms. The zero-order valence-electron chi connectivity index (χ0n) is 10.7. The zero-order chi connectivity index (χ0) is 12.8. The zero-order valence-corrected chi connectivity index (χ0v) is 10.7. The maximum atomic E-state index is 3.47. The molecule has 0 bridgehead atoms. The highest BCUT2D eigenvalue weighted by molar-refractivity contribution is 6.05. The van der Waals surface area contributed by atoms with Gasteiger partial charge in [-0.15, -0.1) is 0 Å². The fourth-order valence-electron chi connectivity index (χ4n) is 2.90. The molecule has 92 valence electrons. The molecule has 0 spiro atoms. The second-order valence-electron chi connectivity index (χ2n) is 4.92. The summed E-state index contributed by atoms with van der Waals surface area (Å²) in [5.74, 6) is 0. The highest BCUT2D eigenvalue weighted by Crippen LogP contribution is 2.36. The number of rotatable bonds is 1. The fraction of sp³-hybridized carbons (Fsp3) is 0.0588. The molecule has 19 heavy (non-hydrogen) atoms. The van der Waals surface area contributed by atoms with Crippen molar-refractivity contribution >= 4 is 21.8 Å². The van der Waals surface area contributed by atoms with Gasteiger partial charge in [0.05, 0.1) is 0 Å². The van der Waals surface area contributed by atoms with E-state index in [0.717, 1.165) is 0 Å². The molecule has 0 atom stereocenters. The summed E-state index contributed by atoms with van der Waals surface area (Å²) in [6, 6.07) is 16.9. The van der Waals surface area contributed by atoms with E-state index >= 15 is 0 Å². The van der Waals surface area contributed by atoms with Crippen molar-refractivity contribution in [1.29, 1.82) is 0 Å². The van der Waals surface area contributed by atoms with Gasteiger partial charge in [0.2, 0.25) is 0 Å². The molecule has 4 rings (SSSR count). The van der Waals surface area contributed by atoms with Gasteiger partial charge in [0, 0.05) is 44.8 Å². The highest BCUT2D eigenvalue weighted by atomic mass is 14.7. The molecule has 0 saturated heterocycles. The quantitative estimate of drug-likeness (QED) is 0.491. The topological polar surface area (TPSA) is 31.6 Å². The van der Waals surface area contributed by atoms with Gasteiger partial charge < -0.3 is 9.97 Å². The summed E-state index contributed by atoms with van der Waals surface area (Å²) in [6.07, 6.45) is 2.10. The third kappa shape index (κ3) is 1.43. The Kier molecular flexibility index (Phi) is 2.06. The molecule has 0 aliphatic rings. The van der Waals surface area contributed by atoms with Crippen LogP contribution in [0.15, 0.2) is 54.7 Å².